The molecule has 0 bridgehead atoms. The molecule has 2 aromatic rings. The molecule has 1 atom stereocenters. The molecular formula is C25H30N4O4. The monoisotopic (exact) mass is 450 g/mol. The molecule has 2 fully saturated rings. The summed E-state index contributed by atoms with van der Waals surface area (Å²) in [5.74, 6) is 0.216. The van der Waals surface area contributed by atoms with Gasteiger partial charge in [0, 0.05) is 45.0 Å². The van der Waals surface area contributed by atoms with E-state index in [-0.39, 0.29) is 30.6 Å². The highest BCUT2D eigenvalue weighted by molar-refractivity contribution is 5.93. The Hall–Kier alpha value is -3.55. The number of nitrogens with one attached hydrogen (secondary N) is 1. The maximum Gasteiger partial charge on any atom is 0.243 e. The SMILES string of the molecule is COc1ccc(CC(=O)N2CCNC(=O)[C@@H]2CC(=O)N2CCN(c3ccccc3)CC2)cc1. The van der Waals surface area contributed by atoms with Crippen LogP contribution in [-0.4, -0.2) is 79.9 Å². The second kappa shape index (κ2) is 10.4. The van der Waals surface area contributed by atoms with Crippen molar-refractivity contribution in [1.82, 2.24) is 15.1 Å². The standard InChI is InChI=1S/C25H30N4O4/c1-33-21-9-7-19(8-10-21)17-24(31)29-12-11-26-25(32)22(29)18-23(30)28-15-13-27(14-16-28)20-5-3-2-4-6-20/h2-10,22H,11-18H2,1H3,(H,26,32)/t22-/m0/s1. The van der Waals surface area contributed by atoms with E-state index >= 15 is 0 Å². The summed E-state index contributed by atoms with van der Waals surface area (Å²) in [6.07, 6.45) is 0.184. The van der Waals surface area contributed by atoms with Crippen LogP contribution >= 0.6 is 0 Å². The zero-order chi connectivity index (χ0) is 23.2. The number of hydrogen-bond acceptors (Lipinski definition) is 5. The number of nitrogens with zero attached hydrogens (tertiary/aromatic N) is 3. The lowest BCUT2D eigenvalue weighted by Crippen LogP contribution is -2.59. The Balaban J connectivity index is 1.36. The molecule has 0 saturated carbocycles. The van der Waals surface area contributed by atoms with Gasteiger partial charge in [0.25, 0.3) is 0 Å². The molecular weight excluding hydrogens is 420 g/mol. The topological polar surface area (TPSA) is 82.2 Å². The average Bonchev–Trinajstić information content (AvgIpc) is 2.86. The lowest BCUT2D eigenvalue weighted by Gasteiger charge is -2.39. The normalized spacial score (nSPS) is 18.6. The third-order valence-corrected chi connectivity index (χ3v) is 6.29. The van der Waals surface area contributed by atoms with E-state index in [1.807, 2.05) is 42.5 Å². The van der Waals surface area contributed by atoms with Gasteiger partial charge >= 0.3 is 0 Å². The van der Waals surface area contributed by atoms with Crippen molar-refractivity contribution < 1.29 is 19.1 Å². The maximum atomic E-state index is 13.0. The van der Waals surface area contributed by atoms with Crippen LogP contribution in [0.2, 0.25) is 0 Å². The molecule has 3 amide bonds. The van der Waals surface area contributed by atoms with Gasteiger partial charge in [0.2, 0.25) is 17.7 Å². The maximum absolute atomic E-state index is 13.0. The molecule has 33 heavy (non-hydrogen) atoms. The summed E-state index contributed by atoms with van der Waals surface area (Å²) in [4.78, 5) is 44.3. The summed E-state index contributed by atoms with van der Waals surface area (Å²) >= 11 is 0. The predicted molar refractivity (Wildman–Crippen MR) is 125 cm³/mol. The minimum Gasteiger partial charge on any atom is -0.497 e. The van der Waals surface area contributed by atoms with Crippen LogP contribution in [0.25, 0.3) is 0 Å². The highest BCUT2D eigenvalue weighted by atomic mass is 16.5. The summed E-state index contributed by atoms with van der Waals surface area (Å²) in [6, 6.07) is 16.7. The van der Waals surface area contributed by atoms with E-state index in [1.54, 1.807) is 16.9 Å². The van der Waals surface area contributed by atoms with Crippen LogP contribution in [0.15, 0.2) is 54.6 Å². The third kappa shape index (κ3) is 5.45. The van der Waals surface area contributed by atoms with Crippen LogP contribution in [0.1, 0.15) is 12.0 Å². The number of para-hydroxylation sites is 1. The summed E-state index contributed by atoms with van der Waals surface area (Å²) in [6.45, 7) is 3.48. The molecule has 0 radical (unpaired) electrons. The van der Waals surface area contributed by atoms with Crippen molar-refractivity contribution in [3.05, 3.63) is 60.2 Å². The Kier molecular flexibility index (Phi) is 7.12. The number of methoxy groups -OCH3 is 1. The van der Waals surface area contributed by atoms with E-state index in [1.165, 1.54) is 0 Å². The third-order valence-electron chi connectivity index (χ3n) is 6.29. The summed E-state index contributed by atoms with van der Waals surface area (Å²) in [7, 11) is 1.59. The van der Waals surface area contributed by atoms with Crippen molar-refractivity contribution in [2.45, 2.75) is 18.9 Å². The highest BCUT2D eigenvalue weighted by Crippen LogP contribution is 2.19. The first-order chi connectivity index (χ1) is 16.0. The second-order valence-electron chi connectivity index (χ2n) is 8.33. The summed E-state index contributed by atoms with van der Waals surface area (Å²) in [5.41, 5.74) is 1.99. The molecule has 1 N–H and O–H groups in total. The summed E-state index contributed by atoms with van der Waals surface area (Å²) in [5, 5.41) is 2.80. The lowest BCUT2D eigenvalue weighted by molar-refractivity contribution is -0.146. The highest BCUT2D eigenvalue weighted by Gasteiger charge is 2.36. The molecule has 2 aromatic carbocycles. The average molecular weight is 451 g/mol. The molecule has 0 unspecified atom stereocenters. The number of amides is 3. The van der Waals surface area contributed by atoms with Gasteiger partial charge in [0.15, 0.2) is 0 Å². The number of benzene rings is 2. The fraction of sp³-hybridized carbons (Fsp3) is 0.400. The van der Waals surface area contributed by atoms with Gasteiger partial charge in [0.1, 0.15) is 11.8 Å². The van der Waals surface area contributed by atoms with E-state index in [0.29, 0.717) is 26.2 Å². The Bertz CT molecular complexity index is 972. The Morgan fingerprint density at radius 2 is 1.64 bits per heavy atom. The molecule has 174 valence electrons. The van der Waals surface area contributed by atoms with Gasteiger partial charge < -0.3 is 24.8 Å². The van der Waals surface area contributed by atoms with Crippen LogP contribution in [-0.2, 0) is 20.8 Å². The Morgan fingerprint density at radius 3 is 2.30 bits per heavy atom. The number of carbonyl (C=O) groups excluding carboxylic acids is 3. The van der Waals surface area contributed by atoms with E-state index in [9.17, 15) is 14.4 Å². The fourth-order valence-electron chi connectivity index (χ4n) is 4.38. The van der Waals surface area contributed by atoms with Gasteiger partial charge in [0.05, 0.1) is 20.0 Å². The van der Waals surface area contributed by atoms with Crippen LogP contribution in [0.4, 0.5) is 5.69 Å². The quantitative estimate of drug-likeness (QED) is 0.718. The van der Waals surface area contributed by atoms with E-state index < -0.39 is 6.04 Å². The first-order valence-electron chi connectivity index (χ1n) is 11.3. The number of ether oxygens (including phenoxy) is 1. The van der Waals surface area contributed by atoms with Gasteiger partial charge in [-0.15, -0.1) is 0 Å². The zero-order valence-corrected chi connectivity index (χ0v) is 18.9. The number of rotatable bonds is 6. The van der Waals surface area contributed by atoms with E-state index in [0.717, 1.165) is 30.1 Å². The molecule has 2 saturated heterocycles. The summed E-state index contributed by atoms with van der Waals surface area (Å²) < 4.78 is 5.16. The molecule has 0 aliphatic carbocycles. The molecule has 2 aliphatic rings. The first-order valence-corrected chi connectivity index (χ1v) is 11.3. The smallest absolute Gasteiger partial charge is 0.243 e. The molecule has 2 heterocycles. The number of anilines is 1. The van der Waals surface area contributed by atoms with E-state index in [2.05, 4.69) is 22.3 Å². The first kappa shape index (κ1) is 22.6. The molecule has 8 heteroatoms. The molecule has 4 rings (SSSR count). The van der Waals surface area contributed by atoms with Crippen molar-refractivity contribution in [1.29, 1.82) is 0 Å². The molecule has 0 spiro atoms. The van der Waals surface area contributed by atoms with Gasteiger partial charge in [-0.3, -0.25) is 14.4 Å². The Labute approximate surface area is 194 Å². The number of piperazine rings is 2. The zero-order valence-electron chi connectivity index (χ0n) is 18.9. The molecule has 0 aromatic heterocycles. The van der Waals surface area contributed by atoms with Crippen molar-refractivity contribution in [2.75, 3.05) is 51.3 Å². The predicted octanol–water partition coefficient (Wildman–Crippen LogP) is 1.30. The van der Waals surface area contributed by atoms with Crippen molar-refractivity contribution >= 4 is 23.4 Å². The minimum absolute atomic E-state index is 0.00548. The van der Waals surface area contributed by atoms with Crippen LogP contribution in [0.3, 0.4) is 0 Å². The van der Waals surface area contributed by atoms with Crippen molar-refractivity contribution in [2.24, 2.45) is 0 Å². The van der Waals surface area contributed by atoms with Gasteiger partial charge in [-0.2, -0.15) is 0 Å². The van der Waals surface area contributed by atoms with Crippen molar-refractivity contribution in [3.8, 4) is 5.75 Å². The van der Waals surface area contributed by atoms with Crippen LogP contribution < -0.4 is 15.0 Å². The minimum atomic E-state index is -0.774. The lowest BCUT2D eigenvalue weighted by atomic mass is 10.0. The number of hydrogen-bond donors (Lipinski definition) is 1. The molecule has 2 aliphatic heterocycles. The van der Waals surface area contributed by atoms with Crippen molar-refractivity contribution in [3.63, 3.8) is 0 Å². The number of carbonyl (C=O) groups is 3. The Morgan fingerprint density at radius 1 is 0.939 bits per heavy atom. The van der Waals surface area contributed by atoms with Crippen LogP contribution in [0, 0.1) is 0 Å². The largest absolute Gasteiger partial charge is 0.497 e. The van der Waals surface area contributed by atoms with Gasteiger partial charge in [-0.05, 0) is 29.8 Å². The second-order valence-corrected chi connectivity index (χ2v) is 8.33. The fourth-order valence-corrected chi connectivity index (χ4v) is 4.38. The molecule has 8 nitrogen and oxygen atoms in total. The van der Waals surface area contributed by atoms with Gasteiger partial charge in [-0.1, -0.05) is 30.3 Å². The van der Waals surface area contributed by atoms with Gasteiger partial charge in [-0.25, -0.2) is 0 Å². The van der Waals surface area contributed by atoms with E-state index in [4.69, 9.17) is 4.74 Å². The van der Waals surface area contributed by atoms with Crippen LogP contribution in [0.5, 0.6) is 5.75 Å².